The van der Waals surface area contributed by atoms with Crippen LogP contribution >= 0.6 is 23.1 Å². The Bertz CT molecular complexity index is 992. The number of nitrogen functional groups attached to an aromatic ring is 1. The van der Waals surface area contributed by atoms with E-state index in [0.29, 0.717) is 16.6 Å². The average molecular weight is 412 g/mol. The van der Waals surface area contributed by atoms with E-state index in [9.17, 15) is 19.2 Å². The smallest absolute Gasteiger partial charge is 0.332 e. The van der Waals surface area contributed by atoms with Gasteiger partial charge in [0.05, 0.1) is 24.0 Å². The molecule has 2 rings (SSSR count). The molecule has 0 spiro atoms. The van der Waals surface area contributed by atoms with Crippen LogP contribution in [0.1, 0.15) is 29.9 Å². The molecule has 0 amide bonds. The first-order valence-electron chi connectivity index (χ1n) is 8.03. The average Bonchev–Trinajstić information content (AvgIpc) is 3.05. The zero-order chi connectivity index (χ0) is 20.3. The molecule has 9 nitrogen and oxygen atoms in total. The van der Waals surface area contributed by atoms with Crippen LogP contribution in [0.4, 0.5) is 5.82 Å². The van der Waals surface area contributed by atoms with E-state index < -0.39 is 22.3 Å². The summed E-state index contributed by atoms with van der Waals surface area (Å²) >= 11 is 2.45. The standard InChI is InChI=1S/C16H20N4O5S2/c1-5-25-10(21)6-9-7-26-15(18-9)27-8(2)12(22)11-13(17)19(3)16(24)20(4)14(11)23/h7-8H,5-6,17H2,1-4H3. The second kappa shape index (κ2) is 8.53. The number of thiazole rings is 1. The Kier molecular flexibility index (Phi) is 6.60. The monoisotopic (exact) mass is 412 g/mol. The van der Waals surface area contributed by atoms with Gasteiger partial charge in [-0.25, -0.2) is 9.78 Å². The summed E-state index contributed by atoms with van der Waals surface area (Å²) in [6, 6.07) is 0. The van der Waals surface area contributed by atoms with Crippen LogP contribution in [0.25, 0.3) is 0 Å². The number of nitrogens with zero attached hydrogens (tertiary/aromatic N) is 3. The molecule has 2 N–H and O–H groups in total. The molecule has 0 fully saturated rings. The number of aromatic nitrogens is 3. The molecular formula is C16H20N4O5S2. The fraction of sp³-hybridized carbons (Fsp3) is 0.438. The topological polar surface area (TPSA) is 126 Å². The normalized spacial score (nSPS) is 12.0. The van der Waals surface area contributed by atoms with Crippen molar-refractivity contribution in [2.24, 2.45) is 14.1 Å². The third-order valence-corrected chi connectivity index (χ3v) is 5.89. The number of thioether (sulfide) groups is 1. The molecule has 11 heteroatoms. The van der Waals surface area contributed by atoms with Gasteiger partial charge in [-0.1, -0.05) is 11.8 Å². The molecule has 2 aromatic rings. The van der Waals surface area contributed by atoms with Crippen LogP contribution < -0.4 is 17.0 Å². The van der Waals surface area contributed by atoms with Crippen molar-refractivity contribution in [3.8, 4) is 0 Å². The van der Waals surface area contributed by atoms with Gasteiger partial charge in [0.15, 0.2) is 10.1 Å². The zero-order valence-electron chi connectivity index (χ0n) is 15.3. The van der Waals surface area contributed by atoms with Gasteiger partial charge in [-0.2, -0.15) is 0 Å². The van der Waals surface area contributed by atoms with Crippen molar-refractivity contribution in [1.82, 2.24) is 14.1 Å². The Balaban J connectivity index is 2.20. The highest BCUT2D eigenvalue weighted by atomic mass is 32.2. The van der Waals surface area contributed by atoms with Crippen LogP contribution in [0.15, 0.2) is 19.3 Å². The predicted octanol–water partition coefficient (Wildman–Crippen LogP) is 0.592. The molecule has 1 unspecified atom stereocenters. The maximum atomic E-state index is 12.7. The maximum Gasteiger partial charge on any atom is 0.332 e. The quantitative estimate of drug-likeness (QED) is 0.398. The van der Waals surface area contributed by atoms with E-state index in [1.807, 2.05) is 0 Å². The Morgan fingerprint density at radius 3 is 2.63 bits per heavy atom. The first-order chi connectivity index (χ1) is 12.7. The van der Waals surface area contributed by atoms with Crippen LogP contribution in [-0.4, -0.2) is 37.7 Å². The highest BCUT2D eigenvalue weighted by molar-refractivity contribution is 8.02. The van der Waals surface area contributed by atoms with Gasteiger partial charge < -0.3 is 10.5 Å². The summed E-state index contributed by atoms with van der Waals surface area (Å²) in [6.07, 6.45) is 0.0571. The second-order valence-corrected chi connectivity index (χ2v) is 8.12. The minimum atomic E-state index is -0.727. The van der Waals surface area contributed by atoms with Gasteiger partial charge in [-0.3, -0.25) is 23.5 Å². The largest absolute Gasteiger partial charge is 0.466 e. The highest BCUT2D eigenvalue weighted by Gasteiger charge is 2.26. The van der Waals surface area contributed by atoms with Crippen LogP contribution in [0, 0.1) is 0 Å². The van der Waals surface area contributed by atoms with Gasteiger partial charge in [0.1, 0.15) is 11.4 Å². The molecule has 0 aliphatic rings. The summed E-state index contributed by atoms with van der Waals surface area (Å²) in [7, 11) is 2.69. The summed E-state index contributed by atoms with van der Waals surface area (Å²) < 4.78 is 7.37. The summed E-state index contributed by atoms with van der Waals surface area (Å²) in [5.74, 6) is -1.02. The molecule has 146 valence electrons. The number of esters is 1. The molecule has 0 aliphatic carbocycles. The van der Waals surface area contributed by atoms with E-state index in [0.717, 1.165) is 20.9 Å². The summed E-state index contributed by atoms with van der Waals surface area (Å²) in [4.78, 5) is 52.7. The van der Waals surface area contributed by atoms with Gasteiger partial charge in [0, 0.05) is 19.5 Å². The summed E-state index contributed by atoms with van der Waals surface area (Å²) in [5, 5.41) is 1.06. The molecule has 0 saturated carbocycles. The Morgan fingerprint density at radius 2 is 2.00 bits per heavy atom. The SMILES string of the molecule is CCOC(=O)Cc1csc(SC(C)C(=O)c2c(N)n(C)c(=O)n(C)c2=O)n1. The molecule has 0 bridgehead atoms. The minimum Gasteiger partial charge on any atom is -0.466 e. The number of ketones is 1. The highest BCUT2D eigenvalue weighted by Crippen LogP contribution is 2.29. The molecule has 0 aromatic carbocycles. The van der Waals surface area contributed by atoms with Crippen LogP contribution in [0.5, 0.6) is 0 Å². The van der Waals surface area contributed by atoms with Crippen molar-refractivity contribution < 1.29 is 14.3 Å². The number of carbonyl (C=O) groups excluding carboxylic acids is 2. The van der Waals surface area contributed by atoms with Gasteiger partial charge in [-0.15, -0.1) is 11.3 Å². The van der Waals surface area contributed by atoms with E-state index in [4.69, 9.17) is 10.5 Å². The van der Waals surface area contributed by atoms with Crippen LogP contribution in [-0.2, 0) is 30.0 Å². The Morgan fingerprint density at radius 1 is 1.33 bits per heavy atom. The molecule has 0 aliphatic heterocycles. The number of carbonyl (C=O) groups is 2. The first-order valence-corrected chi connectivity index (χ1v) is 9.79. The van der Waals surface area contributed by atoms with Gasteiger partial charge >= 0.3 is 11.7 Å². The Hall–Kier alpha value is -2.40. The number of nitrogens with two attached hydrogens (primary N) is 1. The molecule has 0 radical (unpaired) electrons. The zero-order valence-corrected chi connectivity index (χ0v) is 17.0. The fourth-order valence-corrected chi connectivity index (χ4v) is 4.32. The second-order valence-electron chi connectivity index (χ2n) is 5.68. The first kappa shape index (κ1) is 20.9. The lowest BCUT2D eigenvalue weighted by molar-refractivity contribution is -0.142. The Labute approximate surface area is 163 Å². The third-order valence-electron chi connectivity index (χ3n) is 3.76. The van der Waals surface area contributed by atoms with E-state index >= 15 is 0 Å². The van der Waals surface area contributed by atoms with Gasteiger partial charge in [-0.05, 0) is 13.8 Å². The lowest BCUT2D eigenvalue weighted by atomic mass is 10.1. The number of ether oxygens (including phenoxy) is 1. The van der Waals surface area contributed by atoms with Crippen molar-refractivity contribution in [3.05, 3.63) is 37.5 Å². The van der Waals surface area contributed by atoms with Crippen molar-refractivity contribution in [3.63, 3.8) is 0 Å². The van der Waals surface area contributed by atoms with Crippen LogP contribution in [0.3, 0.4) is 0 Å². The number of hydrogen-bond acceptors (Lipinski definition) is 9. The number of anilines is 1. The van der Waals surface area contributed by atoms with Crippen molar-refractivity contribution in [2.75, 3.05) is 12.3 Å². The molecule has 2 aromatic heterocycles. The van der Waals surface area contributed by atoms with Crippen molar-refractivity contribution >= 4 is 40.7 Å². The van der Waals surface area contributed by atoms with Gasteiger partial charge in [0.2, 0.25) is 0 Å². The molecule has 27 heavy (non-hydrogen) atoms. The van der Waals surface area contributed by atoms with E-state index in [-0.39, 0.29) is 23.8 Å². The fourth-order valence-electron chi connectivity index (χ4n) is 2.28. The molecular weight excluding hydrogens is 392 g/mol. The molecule has 2 heterocycles. The maximum absolute atomic E-state index is 12.7. The lowest BCUT2D eigenvalue weighted by Crippen LogP contribution is -2.42. The predicted molar refractivity (Wildman–Crippen MR) is 103 cm³/mol. The van der Waals surface area contributed by atoms with Crippen LogP contribution in [0.2, 0.25) is 0 Å². The number of Topliss-reactive ketones (excluding diaryl/α,β-unsaturated/α-hetero) is 1. The third kappa shape index (κ3) is 4.48. The summed E-state index contributed by atoms with van der Waals surface area (Å²) in [5.41, 5.74) is 4.84. The van der Waals surface area contributed by atoms with E-state index in [1.54, 1.807) is 19.2 Å². The number of rotatable bonds is 7. The minimum absolute atomic E-state index is 0.0571. The van der Waals surface area contributed by atoms with Gasteiger partial charge in [0.25, 0.3) is 5.56 Å². The number of hydrogen-bond donors (Lipinski definition) is 1. The lowest BCUT2D eigenvalue weighted by Gasteiger charge is -2.13. The van der Waals surface area contributed by atoms with Crippen molar-refractivity contribution in [1.29, 1.82) is 0 Å². The molecule has 0 saturated heterocycles. The molecule has 1 atom stereocenters. The summed E-state index contributed by atoms with van der Waals surface area (Å²) in [6.45, 7) is 3.65. The van der Waals surface area contributed by atoms with Crippen molar-refractivity contribution in [2.45, 2.75) is 29.9 Å². The van der Waals surface area contributed by atoms with E-state index in [1.165, 1.54) is 25.4 Å². The van der Waals surface area contributed by atoms with E-state index in [2.05, 4.69) is 4.98 Å².